The molecule has 0 N–H and O–H groups in total. The zero-order chi connectivity index (χ0) is 18.1. The van der Waals surface area contributed by atoms with E-state index in [0.717, 1.165) is 12.8 Å². The van der Waals surface area contributed by atoms with Crippen molar-refractivity contribution >= 4 is 5.91 Å². The van der Waals surface area contributed by atoms with Crippen molar-refractivity contribution in [3.8, 4) is 5.69 Å². The van der Waals surface area contributed by atoms with Gasteiger partial charge >= 0.3 is 0 Å². The number of amides is 1. The predicted molar refractivity (Wildman–Crippen MR) is 95.2 cm³/mol. The molecule has 134 valence electrons. The fourth-order valence-electron chi connectivity index (χ4n) is 3.36. The summed E-state index contributed by atoms with van der Waals surface area (Å²) in [4.78, 5) is 26.8. The summed E-state index contributed by atoms with van der Waals surface area (Å²) < 4.78 is 5.04. The van der Waals surface area contributed by atoms with Crippen LogP contribution in [-0.2, 0) is 7.05 Å². The van der Waals surface area contributed by atoms with E-state index in [1.165, 1.54) is 10.6 Å². The van der Waals surface area contributed by atoms with Crippen molar-refractivity contribution in [2.24, 2.45) is 7.05 Å². The van der Waals surface area contributed by atoms with Crippen molar-refractivity contribution < 1.29 is 4.79 Å². The minimum absolute atomic E-state index is 0.0541. The number of pyridine rings is 1. The van der Waals surface area contributed by atoms with Gasteiger partial charge in [0.2, 0.25) is 0 Å². The number of hydrogen-bond acceptors (Lipinski definition) is 4. The molecule has 26 heavy (non-hydrogen) atoms. The first-order chi connectivity index (χ1) is 12.6. The molecule has 0 spiro atoms. The molecule has 3 aromatic heterocycles. The second-order valence-electron chi connectivity index (χ2n) is 6.51. The molecule has 8 heteroatoms. The van der Waals surface area contributed by atoms with Crippen LogP contribution in [0.1, 0.15) is 29.2 Å². The SMILES string of the molecule is Cn1cc(-n2cc(C(=O)N3CCC(n4cccn4)CC3)ccc2=O)cn1. The van der Waals surface area contributed by atoms with Gasteiger partial charge in [0.1, 0.15) is 0 Å². The Morgan fingerprint density at radius 3 is 2.62 bits per heavy atom. The lowest BCUT2D eigenvalue weighted by atomic mass is 10.0. The van der Waals surface area contributed by atoms with Gasteiger partial charge in [0.25, 0.3) is 11.5 Å². The Morgan fingerprint density at radius 2 is 1.96 bits per heavy atom. The number of carbonyl (C=O) groups excluding carboxylic acids is 1. The molecule has 0 unspecified atom stereocenters. The maximum absolute atomic E-state index is 12.9. The van der Waals surface area contributed by atoms with Gasteiger partial charge in [-0.2, -0.15) is 10.2 Å². The number of aromatic nitrogens is 5. The maximum atomic E-state index is 12.9. The summed E-state index contributed by atoms with van der Waals surface area (Å²) in [5.74, 6) is -0.0541. The summed E-state index contributed by atoms with van der Waals surface area (Å²) in [6.45, 7) is 1.35. The van der Waals surface area contributed by atoms with Gasteiger partial charge in [-0.25, -0.2) is 0 Å². The Labute approximate surface area is 150 Å². The summed E-state index contributed by atoms with van der Waals surface area (Å²) >= 11 is 0. The highest BCUT2D eigenvalue weighted by Crippen LogP contribution is 2.22. The van der Waals surface area contributed by atoms with Gasteiger partial charge in [-0.15, -0.1) is 0 Å². The van der Waals surface area contributed by atoms with E-state index >= 15 is 0 Å². The molecule has 0 aromatic carbocycles. The molecule has 0 aliphatic carbocycles. The van der Waals surface area contributed by atoms with E-state index in [4.69, 9.17) is 0 Å². The molecule has 0 radical (unpaired) electrons. The van der Waals surface area contributed by atoms with Crippen LogP contribution in [0.5, 0.6) is 0 Å². The van der Waals surface area contributed by atoms with Gasteiger partial charge in [-0.3, -0.25) is 23.5 Å². The third-order valence-corrected chi connectivity index (χ3v) is 4.78. The van der Waals surface area contributed by atoms with Crippen LogP contribution in [-0.4, -0.2) is 48.0 Å². The Kier molecular flexibility index (Phi) is 4.16. The minimum atomic E-state index is -0.188. The third kappa shape index (κ3) is 3.05. The van der Waals surface area contributed by atoms with Crippen molar-refractivity contribution in [3.05, 3.63) is 65.1 Å². The van der Waals surface area contributed by atoms with E-state index in [0.29, 0.717) is 30.4 Å². The van der Waals surface area contributed by atoms with Crippen LogP contribution in [0.25, 0.3) is 5.69 Å². The lowest BCUT2D eigenvalue weighted by Gasteiger charge is -2.32. The van der Waals surface area contributed by atoms with Crippen molar-refractivity contribution in [2.45, 2.75) is 18.9 Å². The quantitative estimate of drug-likeness (QED) is 0.711. The number of nitrogens with zero attached hydrogens (tertiary/aromatic N) is 6. The highest BCUT2D eigenvalue weighted by molar-refractivity contribution is 5.94. The molecule has 1 saturated heterocycles. The van der Waals surface area contributed by atoms with E-state index in [2.05, 4.69) is 10.2 Å². The zero-order valence-corrected chi connectivity index (χ0v) is 14.5. The van der Waals surface area contributed by atoms with Crippen LogP contribution in [0.15, 0.2) is 54.0 Å². The molecule has 0 atom stereocenters. The smallest absolute Gasteiger partial charge is 0.255 e. The van der Waals surface area contributed by atoms with Crippen molar-refractivity contribution in [1.82, 2.24) is 29.0 Å². The largest absolute Gasteiger partial charge is 0.338 e. The lowest BCUT2D eigenvalue weighted by Crippen LogP contribution is -2.39. The van der Waals surface area contributed by atoms with E-state index in [9.17, 15) is 9.59 Å². The van der Waals surface area contributed by atoms with E-state index in [-0.39, 0.29) is 11.5 Å². The first kappa shape index (κ1) is 16.3. The molecule has 1 fully saturated rings. The van der Waals surface area contributed by atoms with Gasteiger partial charge in [-0.05, 0) is 25.0 Å². The van der Waals surface area contributed by atoms with E-state index in [1.807, 2.05) is 21.8 Å². The molecule has 1 amide bonds. The average Bonchev–Trinajstić information content (AvgIpc) is 3.34. The Morgan fingerprint density at radius 1 is 1.15 bits per heavy atom. The normalized spacial score (nSPS) is 15.3. The molecule has 4 heterocycles. The van der Waals surface area contributed by atoms with Gasteiger partial charge in [-0.1, -0.05) is 0 Å². The second kappa shape index (κ2) is 6.62. The van der Waals surface area contributed by atoms with E-state index in [1.54, 1.807) is 42.6 Å². The lowest BCUT2D eigenvalue weighted by molar-refractivity contribution is 0.0689. The molecule has 0 bridgehead atoms. The number of rotatable bonds is 3. The summed E-state index contributed by atoms with van der Waals surface area (Å²) in [5, 5.41) is 8.38. The van der Waals surface area contributed by atoms with Crippen molar-refractivity contribution in [1.29, 1.82) is 0 Å². The fourth-order valence-corrected chi connectivity index (χ4v) is 3.36. The topological polar surface area (TPSA) is 78.0 Å². The number of likely N-dealkylation sites (tertiary alicyclic amines) is 1. The standard InChI is InChI=1S/C18H20N6O2/c1-21-13-16(11-20-21)23-12-14(3-4-17(23)25)18(26)22-9-5-15(6-10-22)24-8-2-7-19-24/h2-4,7-8,11-13,15H,5-6,9-10H2,1H3. The number of piperidine rings is 1. The average molecular weight is 352 g/mol. The Balaban J connectivity index is 1.51. The molecule has 8 nitrogen and oxygen atoms in total. The van der Waals surface area contributed by atoms with Crippen LogP contribution in [0.3, 0.4) is 0 Å². The van der Waals surface area contributed by atoms with Crippen LogP contribution < -0.4 is 5.56 Å². The highest BCUT2D eigenvalue weighted by atomic mass is 16.2. The maximum Gasteiger partial charge on any atom is 0.255 e. The zero-order valence-electron chi connectivity index (χ0n) is 14.5. The monoisotopic (exact) mass is 352 g/mol. The second-order valence-corrected chi connectivity index (χ2v) is 6.51. The number of hydrogen-bond donors (Lipinski definition) is 0. The van der Waals surface area contributed by atoms with Crippen molar-refractivity contribution in [2.75, 3.05) is 13.1 Å². The fraction of sp³-hybridized carbons (Fsp3) is 0.333. The first-order valence-corrected chi connectivity index (χ1v) is 8.62. The summed E-state index contributed by atoms with van der Waals surface area (Å²) in [6.07, 6.45) is 10.4. The molecule has 4 rings (SSSR count). The van der Waals surface area contributed by atoms with Crippen LogP contribution in [0, 0.1) is 0 Å². The summed E-state index contributed by atoms with van der Waals surface area (Å²) in [5.41, 5.74) is 0.961. The third-order valence-electron chi connectivity index (χ3n) is 4.78. The van der Waals surface area contributed by atoms with Gasteiger partial charge in [0.05, 0.1) is 23.5 Å². The van der Waals surface area contributed by atoms with Gasteiger partial charge < -0.3 is 4.90 Å². The molecule has 1 aliphatic heterocycles. The van der Waals surface area contributed by atoms with Crippen LogP contribution in [0.2, 0.25) is 0 Å². The summed E-state index contributed by atoms with van der Waals surface area (Å²) in [7, 11) is 1.79. The molecule has 1 aliphatic rings. The number of carbonyl (C=O) groups is 1. The van der Waals surface area contributed by atoms with Gasteiger partial charge in [0, 0.05) is 51.0 Å². The molecule has 0 saturated carbocycles. The predicted octanol–water partition coefficient (Wildman–Crippen LogP) is 1.24. The highest BCUT2D eigenvalue weighted by Gasteiger charge is 2.25. The first-order valence-electron chi connectivity index (χ1n) is 8.62. The molecular formula is C18H20N6O2. The van der Waals surface area contributed by atoms with Crippen LogP contribution >= 0.6 is 0 Å². The van der Waals surface area contributed by atoms with Gasteiger partial charge in [0.15, 0.2) is 0 Å². The Hall–Kier alpha value is -3.16. The van der Waals surface area contributed by atoms with Crippen molar-refractivity contribution in [3.63, 3.8) is 0 Å². The minimum Gasteiger partial charge on any atom is -0.338 e. The molecular weight excluding hydrogens is 332 g/mol. The molecule has 3 aromatic rings. The Bertz CT molecular complexity index is 964. The van der Waals surface area contributed by atoms with Crippen LogP contribution in [0.4, 0.5) is 0 Å². The number of aryl methyl sites for hydroxylation is 1. The van der Waals surface area contributed by atoms with E-state index < -0.39 is 0 Å². The summed E-state index contributed by atoms with van der Waals surface area (Å²) in [6, 6.07) is 5.27.